The molecule has 0 bridgehead atoms. The number of nitrogens with two attached hydrogens (primary N) is 1. The Balaban J connectivity index is 1.84. The molecule has 0 aromatic carbocycles. The van der Waals surface area contributed by atoms with Crippen LogP contribution in [0.2, 0.25) is 0 Å². The summed E-state index contributed by atoms with van der Waals surface area (Å²) < 4.78 is 5.24. The minimum absolute atomic E-state index is 0.0225. The Morgan fingerprint density at radius 3 is 2.81 bits per heavy atom. The van der Waals surface area contributed by atoms with Crippen molar-refractivity contribution >= 4 is 22.7 Å². The van der Waals surface area contributed by atoms with E-state index in [4.69, 9.17) is 10.2 Å². The van der Waals surface area contributed by atoms with Gasteiger partial charge in [0, 0.05) is 23.8 Å². The largest absolute Gasteiger partial charge is 0.448 e. The summed E-state index contributed by atoms with van der Waals surface area (Å²) >= 11 is 1.58. The van der Waals surface area contributed by atoms with Gasteiger partial charge in [0.05, 0.1) is 5.69 Å². The molecule has 3 rings (SSSR count). The van der Waals surface area contributed by atoms with E-state index >= 15 is 0 Å². The van der Waals surface area contributed by atoms with E-state index in [1.165, 1.54) is 6.26 Å². The van der Waals surface area contributed by atoms with Gasteiger partial charge in [0.1, 0.15) is 17.5 Å². The molecule has 0 radical (unpaired) electrons. The summed E-state index contributed by atoms with van der Waals surface area (Å²) in [6.45, 7) is 8.29. The summed E-state index contributed by atoms with van der Waals surface area (Å²) in [6, 6.07) is 3.79. The topological polar surface area (TPSA) is 94.4 Å². The maximum absolute atomic E-state index is 12.5. The number of aryl methyl sites for hydroxylation is 1. The van der Waals surface area contributed by atoms with Gasteiger partial charge in [-0.15, -0.1) is 0 Å². The summed E-state index contributed by atoms with van der Waals surface area (Å²) in [5, 5.41) is 0.571. The lowest BCUT2D eigenvalue weighted by Crippen LogP contribution is -2.38. The van der Waals surface area contributed by atoms with Gasteiger partial charge in [-0.05, 0) is 31.0 Å². The third-order valence-electron chi connectivity index (χ3n) is 4.39. The molecule has 1 aliphatic rings. The summed E-state index contributed by atoms with van der Waals surface area (Å²) in [4.78, 5) is 25.8. The van der Waals surface area contributed by atoms with Crippen LogP contribution in [0.15, 0.2) is 34.0 Å². The van der Waals surface area contributed by atoms with E-state index in [1.807, 2.05) is 26.0 Å². The van der Waals surface area contributed by atoms with E-state index in [-0.39, 0.29) is 17.0 Å². The normalized spacial score (nSPS) is 22.1. The molecular formula is C19H24N4O2S. The van der Waals surface area contributed by atoms with Crippen LogP contribution in [0.4, 0.5) is 0 Å². The fourth-order valence-corrected chi connectivity index (χ4v) is 4.52. The van der Waals surface area contributed by atoms with Gasteiger partial charge >= 0.3 is 0 Å². The highest BCUT2D eigenvalue weighted by atomic mass is 32.2. The standard InChI is InChI=1S/C19H24N4O2S/c1-5-16-22-13(10-25-16)14(24)8-12-6-7-21-15(9-12)19(4)11-18(2,3)26-17(20)23-19/h6-7,9-10H,5,8,11H2,1-4H3,(H2,20,23)/t19-/m0/s1. The monoisotopic (exact) mass is 372 g/mol. The van der Waals surface area contributed by atoms with Crippen molar-refractivity contribution in [1.29, 1.82) is 0 Å². The first kappa shape index (κ1) is 18.6. The second kappa shape index (κ2) is 6.87. The number of carbonyl (C=O) groups is 1. The first-order valence-electron chi connectivity index (χ1n) is 8.68. The highest BCUT2D eigenvalue weighted by Gasteiger charge is 2.40. The molecule has 1 aliphatic heterocycles. The second-order valence-corrected chi connectivity index (χ2v) is 9.12. The molecule has 2 N–H and O–H groups in total. The Bertz CT molecular complexity index is 859. The molecule has 0 amide bonds. The number of ketones is 1. The summed E-state index contributed by atoms with van der Waals surface area (Å²) in [5.74, 6) is 0.501. The van der Waals surface area contributed by atoms with Gasteiger partial charge < -0.3 is 10.2 Å². The smallest absolute Gasteiger partial charge is 0.194 e. The predicted molar refractivity (Wildman–Crippen MR) is 103 cm³/mol. The molecule has 0 saturated heterocycles. The molecular weight excluding hydrogens is 348 g/mol. The van der Waals surface area contributed by atoms with Gasteiger partial charge in [0.2, 0.25) is 0 Å². The number of thioether (sulfide) groups is 1. The molecule has 2 aromatic rings. The number of Topliss-reactive ketones (excluding diaryl/α,β-unsaturated/α-hetero) is 1. The van der Waals surface area contributed by atoms with Gasteiger partial charge in [0.25, 0.3) is 0 Å². The molecule has 138 valence electrons. The first-order chi connectivity index (χ1) is 12.2. The van der Waals surface area contributed by atoms with Crippen molar-refractivity contribution in [3.8, 4) is 0 Å². The fourth-order valence-electron chi connectivity index (χ4n) is 3.36. The number of hydrogen-bond acceptors (Lipinski definition) is 7. The molecule has 6 nitrogen and oxygen atoms in total. The number of nitrogens with zero attached hydrogens (tertiary/aromatic N) is 3. The lowest BCUT2D eigenvalue weighted by molar-refractivity contribution is 0.0988. The van der Waals surface area contributed by atoms with E-state index in [0.717, 1.165) is 17.7 Å². The minimum Gasteiger partial charge on any atom is -0.448 e. The van der Waals surface area contributed by atoms with Gasteiger partial charge in [-0.2, -0.15) is 0 Å². The molecule has 0 unspecified atom stereocenters. The predicted octanol–water partition coefficient (Wildman–Crippen LogP) is 3.50. The highest BCUT2D eigenvalue weighted by molar-refractivity contribution is 8.15. The zero-order valence-electron chi connectivity index (χ0n) is 15.6. The highest BCUT2D eigenvalue weighted by Crippen LogP contribution is 2.44. The van der Waals surface area contributed by atoms with Crippen molar-refractivity contribution in [2.45, 2.75) is 57.2 Å². The number of oxazole rings is 1. The van der Waals surface area contributed by atoms with Crippen LogP contribution in [0.25, 0.3) is 0 Å². The third-order valence-corrected chi connectivity index (χ3v) is 5.39. The SMILES string of the molecule is CCc1nc(C(=O)Cc2ccnc([C@]3(C)CC(C)(C)SC(N)=N3)c2)co1. The van der Waals surface area contributed by atoms with Crippen LogP contribution in [0.1, 0.15) is 61.8 Å². The van der Waals surface area contributed by atoms with Crippen molar-refractivity contribution in [3.05, 3.63) is 47.4 Å². The maximum atomic E-state index is 12.5. The molecule has 0 aliphatic carbocycles. The summed E-state index contributed by atoms with van der Waals surface area (Å²) in [7, 11) is 0. The Kier molecular flexibility index (Phi) is 4.92. The molecule has 7 heteroatoms. The van der Waals surface area contributed by atoms with E-state index < -0.39 is 5.54 Å². The lowest BCUT2D eigenvalue weighted by atomic mass is 9.86. The van der Waals surface area contributed by atoms with Gasteiger partial charge in [0.15, 0.2) is 16.8 Å². The second-order valence-electron chi connectivity index (χ2n) is 7.39. The van der Waals surface area contributed by atoms with Crippen LogP contribution in [0.3, 0.4) is 0 Å². The molecule has 2 aromatic heterocycles. The van der Waals surface area contributed by atoms with Crippen LogP contribution < -0.4 is 5.73 Å². The fraction of sp³-hybridized carbons (Fsp3) is 0.474. The number of pyridine rings is 1. The number of carbonyl (C=O) groups excluding carboxylic acids is 1. The van der Waals surface area contributed by atoms with Crippen molar-refractivity contribution in [3.63, 3.8) is 0 Å². The Morgan fingerprint density at radius 2 is 2.15 bits per heavy atom. The average molecular weight is 372 g/mol. The Morgan fingerprint density at radius 1 is 1.38 bits per heavy atom. The quantitative estimate of drug-likeness (QED) is 0.807. The van der Waals surface area contributed by atoms with Crippen molar-refractivity contribution in [2.24, 2.45) is 10.7 Å². The lowest BCUT2D eigenvalue weighted by Gasteiger charge is -2.38. The number of hydrogen-bond donors (Lipinski definition) is 1. The molecule has 3 heterocycles. The van der Waals surface area contributed by atoms with Gasteiger partial charge in [-0.25, -0.2) is 9.98 Å². The Labute approximate surface area is 157 Å². The first-order valence-corrected chi connectivity index (χ1v) is 9.50. The average Bonchev–Trinajstić information content (AvgIpc) is 3.02. The molecule has 0 spiro atoms. The van der Waals surface area contributed by atoms with E-state index in [2.05, 4.69) is 28.8 Å². The number of aliphatic imine (C=N–C) groups is 1. The zero-order chi connectivity index (χ0) is 18.9. The zero-order valence-corrected chi connectivity index (χ0v) is 16.4. The Hall–Kier alpha value is -2.15. The molecule has 26 heavy (non-hydrogen) atoms. The van der Waals surface area contributed by atoms with Gasteiger partial charge in [-0.1, -0.05) is 32.5 Å². The van der Waals surface area contributed by atoms with Crippen LogP contribution in [-0.4, -0.2) is 25.7 Å². The number of aromatic nitrogens is 2. The van der Waals surface area contributed by atoms with Crippen molar-refractivity contribution in [2.75, 3.05) is 0 Å². The summed E-state index contributed by atoms with van der Waals surface area (Å²) in [5.41, 5.74) is 7.62. The summed E-state index contributed by atoms with van der Waals surface area (Å²) in [6.07, 6.45) is 4.89. The number of amidine groups is 1. The molecule has 0 fully saturated rings. The number of rotatable bonds is 5. The third kappa shape index (κ3) is 3.98. The van der Waals surface area contributed by atoms with Crippen LogP contribution >= 0.6 is 11.8 Å². The van der Waals surface area contributed by atoms with Crippen molar-refractivity contribution < 1.29 is 9.21 Å². The molecule has 1 atom stereocenters. The maximum Gasteiger partial charge on any atom is 0.194 e. The van der Waals surface area contributed by atoms with E-state index in [0.29, 0.717) is 23.2 Å². The van der Waals surface area contributed by atoms with Crippen LogP contribution in [0.5, 0.6) is 0 Å². The minimum atomic E-state index is -0.499. The van der Waals surface area contributed by atoms with E-state index in [9.17, 15) is 4.79 Å². The van der Waals surface area contributed by atoms with Crippen LogP contribution in [0, 0.1) is 0 Å². The van der Waals surface area contributed by atoms with Gasteiger partial charge in [-0.3, -0.25) is 9.78 Å². The van der Waals surface area contributed by atoms with Crippen LogP contribution in [-0.2, 0) is 18.4 Å². The van der Waals surface area contributed by atoms with Crippen molar-refractivity contribution in [1.82, 2.24) is 9.97 Å². The molecule has 0 saturated carbocycles. The van der Waals surface area contributed by atoms with E-state index in [1.54, 1.807) is 18.0 Å².